The summed E-state index contributed by atoms with van der Waals surface area (Å²) in [6, 6.07) is 5.95. The fraction of sp³-hybridized carbons (Fsp3) is 0.500. The standard InChI is InChI=1S/C14H19N3O2/c15-12-2-1-11-3-4-17(13(11)9-12)10-14(18)16-5-7-19-8-6-16/h1-2,9H,3-8,10,15H2. The molecule has 0 saturated carbocycles. The molecule has 19 heavy (non-hydrogen) atoms. The number of amides is 1. The quantitative estimate of drug-likeness (QED) is 0.787. The van der Waals surface area contributed by atoms with E-state index in [0.29, 0.717) is 32.8 Å². The van der Waals surface area contributed by atoms with Crippen LogP contribution >= 0.6 is 0 Å². The summed E-state index contributed by atoms with van der Waals surface area (Å²) in [6.45, 7) is 4.04. The number of morpholine rings is 1. The van der Waals surface area contributed by atoms with Crippen molar-refractivity contribution in [3.63, 3.8) is 0 Å². The van der Waals surface area contributed by atoms with Gasteiger partial charge in [-0.15, -0.1) is 0 Å². The molecule has 0 aromatic heterocycles. The number of nitrogens with two attached hydrogens (primary N) is 1. The zero-order valence-corrected chi connectivity index (χ0v) is 11.0. The van der Waals surface area contributed by atoms with Gasteiger partial charge in [-0.05, 0) is 24.1 Å². The number of ether oxygens (including phenoxy) is 1. The van der Waals surface area contributed by atoms with E-state index in [-0.39, 0.29) is 5.91 Å². The fourth-order valence-corrected chi connectivity index (χ4v) is 2.70. The van der Waals surface area contributed by atoms with E-state index >= 15 is 0 Å². The summed E-state index contributed by atoms with van der Waals surface area (Å²) in [5, 5.41) is 0. The third-order valence-corrected chi connectivity index (χ3v) is 3.79. The zero-order valence-electron chi connectivity index (χ0n) is 11.0. The van der Waals surface area contributed by atoms with Crippen molar-refractivity contribution in [2.45, 2.75) is 6.42 Å². The minimum atomic E-state index is 0.179. The van der Waals surface area contributed by atoms with E-state index in [4.69, 9.17) is 10.5 Å². The van der Waals surface area contributed by atoms with Crippen LogP contribution in [-0.2, 0) is 16.0 Å². The Labute approximate surface area is 112 Å². The summed E-state index contributed by atoms with van der Waals surface area (Å²) in [4.78, 5) is 16.3. The molecule has 5 nitrogen and oxygen atoms in total. The Morgan fingerprint density at radius 3 is 2.84 bits per heavy atom. The molecule has 1 fully saturated rings. The maximum absolute atomic E-state index is 12.2. The molecule has 0 bridgehead atoms. The molecule has 1 aromatic carbocycles. The third kappa shape index (κ3) is 2.51. The van der Waals surface area contributed by atoms with Gasteiger partial charge >= 0.3 is 0 Å². The number of benzene rings is 1. The third-order valence-electron chi connectivity index (χ3n) is 3.79. The van der Waals surface area contributed by atoms with E-state index in [2.05, 4.69) is 11.0 Å². The van der Waals surface area contributed by atoms with Crippen molar-refractivity contribution in [2.24, 2.45) is 0 Å². The smallest absolute Gasteiger partial charge is 0.242 e. The number of anilines is 2. The molecule has 0 radical (unpaired) electrons. The van der Waals surface area contributed by atoms with Gasteiger partial charge in [0.25, 0.3) is 0 Å². The molecule has 102 valence electrons. The van der Waals surface area contributed by atoms with E-state index in [1.165, 1.54) is 5.56 Å². The lowest BCUT2D eigenvalue weighted by Crippen LogP contribution is -2.45. The summed E-state index contributed by atoms with van der Waals surface area (Å²) < 4.78 is 5.27. The summed E-state index contributed by atoms with van der Waals surface area (Å²) in [5.41, 5.74) is 8.98. The lowest BCUT2D eigenvalue weighted by atomic mass is 10.1. The van der Waals surface area contributed by atoms with Crippen molar-refractivity contribution in [3.8, 4) is 0 Å². The molecule has 1 aromatic rings. The topological polar surface area (TPSA) is 58.8 Å². The van der Waals surface area contributed by atoms with Crippen LogP contribution < -0.4 is 10.6 Å². The van der Waals surface area contributed by atoms with Gasteiger partial charge in [0, 0.05) is 31.0 Å². The van der Waals surface area contributed by atoms with Crippen LogP contribution in [0.15, 0.2) is 18.2 Å². The Hall–Kier alpha value is -1.75. The predicted octanol–water partition coefficient (Wildman–Crippen LogP) is 0.490. The largest absolute Gasteiger partial charge is 0.399 e. The lowest BCUT2D eigenvalue weighted by molar-refractivity contribution is -0.133. The first-order chi connectivity index (χ1) is 9.24. The second-order valence-electron chi connectivity index (χ2n) is 5.05. The highest BCUT2D eigenvalue weighted by atomic mass is 16.5. The minimum absolute atomic E-state index is 0.179. The van der Waals surface area contributed by atoms with E-state index in [1.54, 1.807) is 0 Å². The van der Waals surface area contributed by atoms with Crippen molar-refractivity contribution in [3.05, 3.63) is 23.8 Å². The molecule has 2 heterocycles. The summed E-state index contributed by atoms with van der Waals surface area (Å²) in [6.07, 6.45) is 0.992. The average molecular weight is 261 g/mol. The van der Waals surface area contributed by atoms with Crippen molar-refractivity contribution >= 4 is 17.3 Å². The zero-order chi connectivity index (χ0) is 13.2. The first-order valence-corrected chi connectivity index (χ1v) is 6.73. The van der Waals surface area contributed by atoms with Crippen LogP contribution in [0.4, 0.5) is 11.4 Å². The van der Waals surface area contributed by atoms with Gasteiger partial charge in [0.1, 0.15) is 0 Å². The van der Waals surface area contributed by atoms with Crippen LogP contribution in [0.25, 0.3) is 0 Å². The van der Waals surface area contributed by atoms with Gasteiger partial charge in [-0.25, -0.2) is 0 Å². The average Bonchev–Trinajstić information content (AvgIpc) is 2.82. The Bertz CT molecular complexity index is 484. The number of hydrogen-bond acceptors (Lipinski definition) is 4. The predicted molar refractivity (Wildman–Crippen MR) is 74.2 cm³/mol. The van der Waals surface area contributed by atoms with Crippen LogP contribution in [0.1, 0.15) is 5.56 Å². The summed E-state index contributed by atoms with van der Waals surface area (Å²) >= 11 is 0. The highest BCUT2D eigenvalue weighted by molar-refractivity contribution is 5.83. The number of hydrogen-bond donors (Lipinski definition) is 1. The van der Waals surface area contributed by atoms with Gasteiger partial charge in [0.2, 0.25) is 5.91 Å². The van der Waals surface area contributed by atoms with Gasteiger partial charge in [-0.2, -0.15) is 0 Å². The first-order valence-electron chi connectivity index (χ1n) is 6.73. The molecular formula is C14H19N3O2. The van der Waals surface area contributed by atoms with Crippen molar-refractivity contribution in [1.82, 2.24) is 4.90 Å². The highest BCUT2D eigenvalue weighted by Gasteiger charge is 2.24. The number of rotatable bonds is 2. The Balaban J connectivity index is 1.68. The molecule has 2 aliphatic heterocycles. The fourth-order valence-electron chi connectivity index (χ4n) is 2.70. The van der Waals surface area contributed by atoms with Crippen molar-refractivity contribution in [2.75, 3.05) is 50.0 Å². The van der Waals surface area contributed by atoms with Gasteiger partial charge in [0.15, 0.2) is 0 Å². The monoisotopic (exact) mass is 261 g/mol. The highest BCUT2D eigenvalue weighted by Crippen LogP contribution is 2.29. The van der Waals surface area contributed by atoms with Crippen LogP contribution in [0.3, 0.4) is 0 Å². The first kappa shape index (κ1) is 12.3. The van der Waals surface area contributed by atoms with Crippen LogP contribution in [0.2, 0.25) is 0 Å². The molecule has 1 amide bonds. The molecule has 2 N–H and O–H groups in total. The number of nitrogens with zero attached hydrogens (tertiary/aromatic N) is 2. The van der Waals surface area contributed by atoms with E-state index in [9.17, 15) is 4.79 Å². The maximum atomic E-state index is 12.2. The van der Waals surface area contributed by atoms with Crippen molar-refractivity contribution in [1.29, 1.82) is 0 Å². The normalized spacial score (nSPS) is 18.5. The number of carbonyl (C=O) groups is 1. The molecule has 0 unspecified atom stereocenters. The molecule has 5 heteroatoms. The maximum Gasteiger partial charge on any atom is 0.242 e. The second-order valence-corrected chi connectivity index (χ2v) is 5.05. The van der Waals surface area contributed by atoms with E-state index in [1.807, 2.05) is 17.0 Å². The molecule has 1 saturated heterocycles. The Morgan fingerprint density at radius 1 is 1.26 bits per heavy atom. The van der Waals surface area contributed by atoms with E-state index < -0.39 is 0 Å². The SMILES string of the molecule is Nc1ccc2c(c1)N(CC(=O)N1CCOCC1)CC2. The Kier molecular flexibility index (Phi) is 3.29. The van der Waals surface area contributed by atoms with E-state index in [0.717, 1.165) is 24.3 Å². The second kappa shape index (κ2) is 5.09. The summed E-state index contributed by atoms with van der Waals surface area (Å²) in [7, 11) is 0. The van der Waals surface area contributed by atoms with Crippen LogP contribution in [0.5, 0.6) is 0 Å². The van der Waals surface area contributed by atoms with Crippen LogP contribution in [-0.4, -0.2) is 50.2 Å². The van der Waals surface area contributed by atoms with Gasteiger partial charge in [-0.3, -0.25) is 4.79 Å². The number of fused-ring (bicyclic) bond motifs is 1. The molecular weight excluding hydrogens is 242 g/mol. The van der Waals surface area contributed by atoms with Crippen LogP contribution in [0, 0.1) is 0 Å². The molecule has 0 spiro atoms. The molecule has 0 aliphatic carbocycles. The minimum Gasteiger partial charge on any atom is -0.399 e. The summed E-state index contributed by atoms with van der Waals surface area (Å²) in [5.74, 6) is 0.179. The van der Waals surface area contributed by atoms with Gasteiger partial charge < -0.3 is 20.3 Å². The Morgan fingerprint density at radius 2 is 2.05 bits per heavy atom. The van der Waals surface area contributed by atoms with Gasteiger partial charge in [-0.1, -0.05) is 6.07 Å². The van der Waals surface area contributed by atoms with Gasteiger partial charge in [0.05, 0.1) is 19.8 Å². The number of carbonyl (C=O) groups excluding carboxylic acids is 1. The molecule has 0 atom stereocenters. The lowest BCUT2D eigenvalue weighted by Gasteiger charge is -2.29. The number of nitrogen functional groups attached to an aromatic ring is 1. The molecule has 2 aliphatic rings. The molecule has 3 rings (SSSR count). The van der Waals surface area contributed by atoms with Crippen molar-refractivity contribution < 1.29 is 9.53 Å².